The molecule has 1 saturated heterocycles. The first-order valence-corrected chi connectivity index (χ1v) is 10.7. The van der Waals surface area contributed by atoms with Crippen LogP contribution in [0.3, 0.4) is 0 Å². The number of aliphatic imine (C=N–C) groups is 1. The van der Waals surface area contributed by atoms with Crippen molar-refractivity contribution in [2.75, 3.05) is 33.2 Å². The van der Waals surface area contributed by atoms with Gasteiger partial charge in [-0.15, -0.1) is 35.3 Å². The lowest BCUT2D eigenvalue weighted by Gasteiger charge is -2.36. The van der Waals surface area contributed by atoms with Gasteiger partial charge in [0, 0.05) is 55.7 Å². The Balaban J connectivity index is 0.00000300. The highest BCUT2D eigenvalue weighted by Crippen LogP contribution is 2.14. The molecule has 29 heavy (non-hydrogen) atoms. The average molecular weight is 548 g/mol. The third-order valence-corrected chi connectivity index (χ3v) is 5.91. The summed E-state index contributed by atoms with van der Waals surface area (Å²) in [5.41, 5.74) is 2.17. The van der Waals surface area contributed by atoms with Gasteiger partial charge in [0.2, 0.25) is 5.91 Å². The number of nitrogens with zero attached hydrogens (tertiary/aromatic N) is 4. The SMILES string of the molecule is CN=C(NCCCc1nc(C)cs1)N1CCN(Cc2ccc(Cl)cc2)C(=O)C1.I. The van der Waals surface area contributed by atoms with Crippen LogP contribution in [0, 0.1) is 6.92 Å². The first-order valence-electron chi connectivity index (χ1n) is 9.44. The molecule has 1 aliphatic rings. The molecule has 3 rings (SSSR count). The predicted octanol–water partition coefficient (Wildman–Crippen LogP) is 3.58. The smallest absolute Gasteiger partial charge is 0.242 e. The van der Waals surface area contributed by atoms with E-state index >= 15 is 0 Å². The molecule has 1 aliphatic heterocycles. The zero-order valence-corrected chi connectivity index (χ0v) is 20.6. The standard InChI is InChI=1S/C20H26ClN5OS.HI/c1-15-14-28-18(24-15)4-3-9-23-20(22-2)26-11-10-25(19(27)13-26)12-16-5-7-17(21)8-6-16;/h5-8,14H,3-4,9-13H2,1-2H3,(H,22,23);1H. The van der Waals surface area contributed by atoms with Gasteiger partial charge in [-0.1, -0.05) is 23.7 Å². The molecule has 1 aromatic heterocycles. The monoisotopic (exact) mass is 547 g/mol. The zero-order chi connectivity index (χ0) is 19.9. The van der Waals surface area contributed by atoms with Crippen LogP contribution in [0.5, 0.6) is 0 Å². The van der Waals surface area contributed by atoms with Crippen LogP contribution in [0.4, 0.5) is 0 Å². The van der Waals surface area contributed by atoms with E-state index in [0.29, 0.717) is 24.7 Å². The molecule has 1 fully saturated rings. The number of benzene rings is 1. The number of carbonyl (C=O) groups excluding carboxylic acids is 1. The lowest BCUT2D eigenvalue weighted by atomic mass is 10.2. The summed E-state index contributed by atoms with van der Waals surface area (Å²) in [6.45, 7) is 5.24. The highest BCUT2D eigenvalue weighted by molar-refractivity contribution is 14.0. The molecule has 1 N–H and O–H groups in total. The molecule has 0 aliphatic carbocycles. The number of hydrogen-bond donors (Lipinski definition) is 1. The Labute approximate surface area is 198 Å². The molecule has 0 atom stereocenters. The van der Waals surface area contributed by atoms with Crippen molar-refractivity contribution in [3.05, 3.63) is 50.9 Å². The summed E-state index contributed by atoms with van der Waals surface area (Å²) in [6, 6.07) is 7.64. The van der Waals surface area contributed by atoms with Crippen LogP contribution >= 0.6 is 46.9 Å². The number of carbonyl (C=O) groups is 1. The average Bonchev–Trinajstić information content (AvgIpc) is 3.10. The maximum Gasteiger partial charge on any atom is 0.242 e. The van der Waals surface area contributed by atoms with Crippen molar-refractivity contribution in [2.45, 2.75) is 26.3 Å². The van der Waals surface area contributed by atoms with Crippen molar-refractivity contribution in [1.82, 2.24) is 20.1 Å². The van der Waals surface area contributed by atoms with Crippen LogP contribution in [-0.2, 0) is 17.8 Å². The fraction of sp³-hybridized carbons (Fsp3) is 0.450. The quantitative estimate of drug-likeness (QED) is 0.260. The Morgan fingerprint density at radius 1 is 1.31 bits per heavy atom. The number of aromatic nitrogens is 1. The van der Waals surface area contributed by atoms with Crippen molar-refractivity contribution in [3.63, 3.8) is 0 Å². The summed E-state index contributed by atoms with van der Waals surface area (Å²) in [5, 5.41) is 7.33. The molecular formula is C20H27ClIN5OS. The second-order valence-corrected chi connectivity index (χ2v) is 8.20. The van der Waals surface area contributed by atoms with Crippen molar-refractivity contribution in [1.29, 1.82) is 0 Å². The van der Waals surface area contributed by atoms with Gasteiger partial charge in [-0.25, -0.2) is 4.98 Å². The second-order valence-electron chi connectivity index (χ2n) is 6.82. The molecule has 0 bridgehead atoms. The highest BCUT2D eigenvalue weighted by atomic mass is 127. The van der Waals surface area contributed by atoms with Gasteiger partial charge < -0.3 is 15.1 Å². The van der Waals surface area contributed by atoms with E-state index in [1.807, 2.05) is 41.0 Å². The summed E-state index contributed by atoms with van der Waals surface area (Å²) in [7, 11) is 1.76. The number of thiazole rings is 1. The van der Waals surface area contributed by atoms with Gasteiger partial charge >= 0.3 is 0 Å². The predicted molar refractivity (Wildman–Crippen MR) is 130 cm³/mol. The van der Waals surface area contributed by atoms with E-state index in [4.69, 9.17) is 11.6 Å². The highest BCUT2D eigenvalue weighted by Gasteiger charge is 2.25. The first kappa shape index (κ1) is 23.9. The lowest BCUT2D eigenvalue weighted by molar-refractivity contribution is -0.135. The van der Waals surface area contributed by atoms with Gasteiger partial charge in [0.25, 0.3) is 0 Å². The minimum Gasteiger partial charge on any atom is -0.356 e. The number of nitrogens with one attached hydrogen (secondary N) is 1. The van der Waals surface area contributed by atoms with E-state index in [0.717, 1.165) is 43.1 Å². The van der Waals surface area contributed by atoms with Crippen LogP contribution in [0.1, 0.15) is 22.7 Å². The van der Waals surface area contributed by atoms with Gasteiger partial charge in [-0.2, -0.15) is 0 Å². The molecule has 9 heteroatoms. The molecule has 6 nitrogen and oxygen atoms in total. The summed E-state index contributed by atoms with van der Waals surface area (Å²) >= 11 is 7.64. The minimum absolute atomic E-state index is 0. The summed E-state index contributed by atoms with van der Waals surface area (Å²) in [6.07, 6.45) is 1.94. The lowest BCUT2D eigenvalue weighted by Crippen LogP contribution is -2.55. The van der Waals surface area contributed by atoms with Gasteiger partial charge in [-0.05, 0) is 31.0 Å². The van der Waals surface area contributed by atoms with E-state index in [1.165, 1.54) is 5.01 Å². The number of aryl methyl sites for hydroxylation is 2. The van der Waals surface area contributed by atoms with E-state index in [-0.39, 0.29) is 29.9 Å². The number of rotatable bonds is 6. The van der Waals surface area contributed by atoms with Gasteiger partial charge in [0.1, 0.15) is 0 Å². The Kier molecular flexibility index (Phi) is 9.64. The Bertz CT molecular complexity index is 827. The maximum absolute atomic E-state index is 12.6. The molecule has 158 valence electrons. The number of amides is 1. The Morgan fingerprint density at radius 2 is 2.07 bits per heavy atom. The Hall–Kier alpha value is -1.39. The van der Waals surface area contributed by atoms with Crippen LogP contribution in [-0.4, -0.2) is 59.9 Å². The number of halogens is 2. The van der Waals surface area contributed by atoms with E-state index < -0.39 is 0 Å². The molecule has 0 radical (unpaired) electrons. The Morgan fingerprint density at radius 3 is 2.69 bits per heavy atom. The van der Waals surface area contributed by atoms with Crippen LogP contribution in [0.2, 0.25) is 5.02 Å². The van der Waals surface area contributed by atoms with Crippen molar-refractivity contribution in [2.24, 2.45) is 4.99 Å². The van der Waals surface area contributed by atoms with Gasteiger partial charge in [0.15, 0.2) is 5.96 Å². The normalized spacial score (nSPS) is 14.7. The van der Waals surface area contributed by atoms with Crippen LogP contribution < -0.4 is 5.32 Å². The number of guanidine groups is 1. The molecule has 0 saturated carbocycles. The second kappa shape index (κ2) is 11.7. The van der Waals surface area contributed by atoms with Crippen molar-refractivity contribution in [3.8, 4) is 0 Å². The fourth-order valence-corrected chi connectivity index (χ4v) is 4.10. The third kappa shape index (κ3) is 7.11. The zero-order valence-electron chi connectivity index (χ0n) is 16.7. The molecule has 0 spiro atoms. The maximum atomic E-state index is 12.6. The fourth-order valence-electron chi connectivity index (χ4n) is 3.16. The largest absolute Gasteiger partial charge is 0.356 e. The van der Waals surface area contributed by atoms with Crippen LogP contribution in [0.25, 0.3) is 0 Å². The van der Waals surface area contributed by atoms with E-state index in [9.17, 15) is 4.79 Å². The molecule has 1 aromatic carbocycles. The number of hydrogen-bond acceptors (Lipinski definition) is 4. The molecule has 2 heterocycles. The molecular weight excluding hydrogens is 521 g/mol. The number of piperazine rings is 1. The van der Waals surface area contributed by atoms with Crippen molar-refractivity contribution < 1.29 is 4.79 Å². The van der Waals surface area contributed by atoms with Crippen LogP contribution in [0.15, 0.2) is 34.6 Å². The first-order chi connectivity index (χ1) is 13.5. The van der Waals surface area contributed by atoms with Crippen molar-refractivity contribution >= 4 is 58.8 Å². The topological polar surface area (TPSA) is 60.8 Å². The minimum atomic E-state index is 0. The summed E-state index contributed by atoms with van der Waals surface area (Å²) < 4.78 is 0. The third-order valence-electron chi connectivity index (χ3n) is 4.63. The molecule has 0 unspecified atom stereocenters. The molecule has 2 aromatic rings. The molecule has 1 amide bonds. The van der Waals surface area contributed by atoms with Gasteiger partial charge in [-0.3, -0.25) is 9.79 Å². The van der Waals surface area contributed by atoms with Gasteiger partial charge in [0.05, 0.1) is 11.6 Å². The summed E-state index contributed by atoms with van der Waals surface area (Å²) in [4.78, 5) is 25.3. The summed E-state index contributed by atoms with van der Waals surface area (Å²) in [5.74, 6) is 0.900. The van der Waals surface area contributed by atoms with E-state index in [2.05, 4.69) is 20.7 Å². The van der Waals surface area contributed by atoms with E-state index in [1.54, 1.807) is 18.4 Å².